The van der Waals surface area contributed by atoms with Crippen LogP contribution in [0.4, 0.5) is 5.82 Å². The quantitative estimate of drug-likeness (QED) is 0.773. The van der Waals surface area contributed by atoms with Gasteiger partial charge < -0.3 is 10.5 Å². The number of nitrogen functional groups attached to an aromatic ring is 1. The summed E-state index contributed by atoms with van der Waals surface area (Å²) in [4.78, 5) is 0. The maximum Gasteiger partial charge on any atom is 0.145 e. The molecule has 3 aromatic rings. The highest BCUT2D eigenvalue weighted by Gasteiger charge is 2.03. The summed E-state index contributed by atoms with van der Waals surface area (Å²) in [7, 11) is 0. The molecule has 0 saturated carbocycles. The minimum Gasteiger partial charge on any atom is -0.489 e. The maximum atomic E-state index is 5.80. The molecule has 0 aliphatic heterocycles. The summed E-state index contributed by atoms with van der Waals surface area (Å²) in [6.07, 6.45) is 0. The van der Waals surface area contributed by atoms with Crippen LogP contribution in [0, 0.1) is 0 Å². The highest BCUT2D eigenvalue weighted by atomic mass is 35.5. The van der Waals surface area contributed by atoms with Gasteiger partial charge in [-0.15, -0.1) is 12.4 Å². The molecule has 5 heteroatoms. The van der Waals surface area contributed by atoms with Crippen LogP contribution >= 0.6 is 12.4 Å². The third kappa shape index (κ3) is 3.77. The molecule has 3 N–H and O–H groups in total. The molecule has 2 aromatic carbocycles. The van der Waals surface area contributed by atoms with Crippen molar-refractivity contribution in [3.8, 4) is 17.0 Å². The van der Waals surface area contributed by atoms with Crippen LogP contribution in [0.1, 0.15) is 5.56 Å². The van der Waals surface area contributed by atoms with Crippen molar-refractivity contribution in [1.82, 2.24) is 10.2 Å². The molecule has 0 spiro atoms. The zero-order chi connectivity index (χ0) is 13.8. The molecule has 1 aromatic heterocycles. The lowest BCUT2D eigenvalue weighted by Crippen LogP contribution is -1.95. The first-order chi connectivity index (χ1) is 9.81. The molecule has 3 rings (SSSR count). The fourth-order valence-electron chi connectivity index (χ4n) is 1.98. The summed E-state index contributed by atoms with van der Waals surface area (Å²) in [6.45, 7) is 0.551. The van der Waals surface area contributed by atoms with Crippen molar-refractivity contribution >= 4 is 18.2 Å². The van der Waals surface area contributed by atoms with E-state index in [0.717, 1.165) is 22.6 Å². The van der Waals surface area contributed by atoms with Crippen molar-refractivity contribution in [3.63, 3.8) is 0 Å². The average Bonchev–Trinajstić information content (AvgIpc) is 2.93. The fraction of sp³-hybridized carbons (Fsp3) is 0.0625. The van der Waals surface area contributed by atoms with Crippen molar-refractivity contribution in [2.24, 2.45) is 0 Å². The highest BCUT2D eigenvalue weighted by molar-refractivity contribution is 5.85. The molecule has 4 nitrogen and oxygen atoms in total. The molecular formula is C16H16ClN3O. The van der Waals surface area contributed by atoms with Gasteiger partial charge in [-0.3, -0.25) is 5.10 Å². The van der Waals surface area contributed by atoms with Gasteiger partial charge in [0.05, 0.1) is 5.69 Å². The molecule has 108 valence electrons. The number of halogens is 1. The smallest absolute Gasteiger partial charge is 0.145 e. The number of rotatable bonds is 4. The standard InChI is InChI=1S/C16H15N3O.ClH/c17-16-10-15(18-19-16)13-7-4-8-14(9-13)20-11-12-5-2-1-3-6-12;/h1-10H,11H2,(H3,17,18,19);1H. The Morgan fingerprint density at radius 1 is 1.00 bits per heavy atom. The minimum absolute atomic E-state index is 0. The fourth-order valence-corrected chi connectivity index (χ4v) is 1.98. The van der Waals surface area contributed by atoms with Gasteiger partial charge in [0.1, 0.15) is 18.2 Å². The first-order valence-corrected chi connectivity index (χ1v) is 6.39. The van der Waals surface area contributed by atoms with Gasteiger partial charge in [0, 0.05) is 11.6 Å². The molecule has 0 bridgehead atoms. The molecule has 0 amide bonds. The minimum atomic E-state index is 0. The summed E-state index contributed by atoms with van der Waals surface area (Å²) in [6, 6.07) is 19.7. The van der Waals surface area contributed by atoms with E-state index in [2.05, 4.69) is 10.2 Å². The molecule has 1 heterocycles. The number of hydrogen-bond acceptors (Lipinski definition) is 3. The Morgan fingerprint density at radius 3 is 2.52 bits per heavy atom. The SMILES string of the molecule is Cl.Nc1cc(-c2cccc(OCc3ccccc3)c2)[nH]n1. The van der Waals surface area contributed by atoms with Crippen LogP contribution < -0.4 is 10.5 Å². The second-order valence-corrected chi connectivity index (χ2v) is 4.51. The van der Waals surface area contributed by atoms with Crippen LogP contribution in [0.25, 0.3) is 11.3 Å². The van der Waals surface area contributed by atoms with E-state index in [9.17, 15) is 0 Å². The van der Waals surface area contributed by atoms with E-state index < -0.39 is 0 Å². The lowest BCUT2D eigenvalue weighted by Gasteiger charge is -2.07. The molecule has 0 atom stereocenters. The Hall–Kier alpha value is -2.46. The van der Waals surface area contributed by atoms with E-state index in [4.69, 9.17) is 10.5 Å². The molecule has 0 fully saturated rings. The van der Waals surface area contributed by atoms with E-state index in [-0.39, 0.29) is 12.4 Å². The normalized spacial score (nSPS) is 9.90. The van der Waals surface area contributed by atoms with Crippen LogP contribution in [0.2, 0.25) is 0 Å². The lowest BCUT2D eigenvalue weighted by molar-refractivity contribution is 0.306. The van der Waals surface area contributed by atoms with Crippen LogP contribution in [0.3, 0.4) is 0 Å². The summed E-state index contributed by atoms with van der Waals surface area (Å²) < 4.78 is 5.80. The molecular weight excluding hydrogens is 286 g/mol. The van der Waals surface area contributed by atoms with Crippen LogP contribution in [0.15, 0.2) is 60.7 Å². The van der Waals surface area contributed by atoms with E-state index in [1.807, 2.05) is 54.6 Å². The predicted octanol–water partition coefficient (Wildman–Crippen LogP) is 3.66. The second kappa shape index (κ2) is 6.81. The number of aromatic nitrogens is 2. The predicted molar refractivity (Wildman–Crippen MR) is 86.5 cm³/mol. The van der Waals surface area contributed by atoms with Gasteiger partial charge in [0.15, 0.2) is 0 Å². The van der Waals surface area contributed by atoms with Crippen molar-refractivity contribution in [3.05, 3.63) is 66.2 Å². The Balaban J connectivity index is 0.00000161. The third-order valence-corrected chi connectivity index (χ3v) is 2.99. The van der Waals surface area contributed by atoms with Crippen molar-refractivity contribution in [2.75, 3.05) is 5.73 Å². The summed E-state index contributed by atoms with van der Waals surface area (Å²) in [5.41, 5.74) is 8.64. The maximum absolute atomic E-state index is 5.80. The Bertz CT molecular complexity index is 698. The van der Waals surface area contributed by atoms with Gasteiger partial charge in [0.25, 0.3) is 0 Å². The van der Waals surface area contributed by atoms with E-state index in [1.54, 1.807) is 6.07 Å². The Morgan fingerprint density at radius 2 is 1.81 bits per heavy atom. The molecule has 0 aliphatic carbocycles. The highest BCUT2D eigenvalue weighted by Crippen LogP contribution is 2.23. The Labute approximate surface area is 129 Å². The summed E-state index contributed by atoms with van der Waals surface area (Å²) >= 11 is 0. The topological polar surface area (TPSA) is 63.9 Å². The van der Waals surface area contributed by atoms with Gasteiger partial charge in [-0.1, -0.05) is 42.5 Å². The Kier molecular flexibility index (Phi) is 4.85. The molecule has 0 aliphatic rings. The van der Waals surface area contributed by atoms with Gasteiger partial charge in [-0.05, 0) is 17.7 Å². The van der Waals surface area contributed by atoms with Crippen LogP contribution in [-0.2, 0) is 6.61 Å². The number of H-pyrrole nitrogens is 1. The zero-order valence-corrected chi connectivity index (χ0v) is 12.1. The molecule has 0 radical (unpaired) electrons. The van der Waals surface area contributed by atoms with Gasteiger partial charge in [-0.25, -0.2) is 0 Å². The number of anilines is 1. The van der Waals surface area contributed by atoms with Gasteiger partial charge >= 0.3 is 0 Å². The zero-order valence-electron chi connectivity index (χ0n) is 11.3. The van der Waals surface area contributed by atoms with E-state index in [0.29, 0.717) is 12.4 Å². The van der Waals surface area contributed by atoms with Gasteiger partial charge in [-0.2, -0.15) is 5.10 Å². The van der Waals surface area contributed by atoms with Gasteiger partial charge in [0.2, 0.25) is 0 Å². The van der Waals surface area contributed by atoms with Crippen LogP contribution in [0.5, 0.6) is 5.75 Å². The lowest BCUT2D eigenvalue weighted by atomic mass is 10.1. The van der Waals surface area contributed by atoms with E-state index in [1.165, 1.54) is 0 Å². The van der Waals surface area contributed by atoms with Crippen molar-refractivity contribution in [2.45, 2.75) is 6.61 Å². The number of nitrogens with zero attached hydrogens (tertiary/aromatic N) is 1. The van der Waals surface area contributed by atoms with Crippen molar-refractivity contribution in [1.29, 1.82) is 0 Å². The van der Waals surface area contributed by atoms with E-state index >= 15 is 0 Å². The average molecular weight is 302 g/mol. The number of hydrogen-bond donors (Lipinski definition) is 2. The molecule has 0 saturated heterocycles. The number of aromatic amines is 1. The summed E-state index contributed by atoms with van der Waals surface area (Å²) in [5, 5.41) is 6.82. The number of nitrogens with two attached hydrogens (primary N) is 1. The largest absolute Gasteiger partial charge is 0.489 e. The third-order valence-electron chi connectivity index (χ3n) is 2.99. The molecule has 0 unspecified atom stereocenters. The first kappa shape index (κ1) is 14.9. The number of nitrogens with one attached hydrogen (secondary N) is 1. The van der Waals surface area contributed by atoms with Crippen LogP contribution in [-0.4, -0.2) is 10.2 Å². The second-order valence-electron chi connectivity index (χ2n) is 4.51. The number of ether oxygens (including phenoxy) is 1. The van der Waals surface area contributed by atoms with Crippen molar-refractivity contribution < 1.29 is 4.74 Å². The molecule has 21 heavy (non-hydrogen) atoms. The monoisotopic (exact) mass is 301 g/mol. The first-order valence-electron chi connectivity index (χ1n) is 6.39. The number of benzene rings is 2. The summed E-state index contributed by atoms with van der Waals surface area (Å²) in [5.74, 6) is 1.30.